The second kappa shape index (κ2) is 6.57. The molecular weight excluding hydrogens is 336 g/mol. The van der Waals surface area contributed by atoms with Gasteiger partial charge in [0.2, 0.25) is 0 Å². The number of ketones is 1. The van der Waals surface area contributed by atoms with Crippen LogP contribution in [0, 0.1) is 5.92 Å². The molecule has 2 aliphatic rings. The van der Waals surface area contributed by atoms with Gasteiger partial charge in [-0.1, -0.05) is 12.1 Å². The lowest BCUT2D eigenvalue weighted by molar-refractivity contribution is -0.121. The van der Waals surface area contributed by atoms with E-state index in [0.29, 0.717) is 12.2 Å². The number of pyridine rings is 1. The third-order valence-electron chi connectivity index (χ3n) is 5.91. The van der Waals surface area contributed by atoms with Crippen molar-refractivity contribution < 1.29 is 4.79 Å². The molecule has 5 rings (SSSR count). The van der Waals surface area contributed by atoms with E-state index in [1.54, 1.807) is 0 Å². The van der Waals surface area contributed by atoms with Gasteiger partial charge in [0.15, 0.2) is 0 Å². The Morgan fingerprint density at radius 2 is 2.00 bits per heavy atom. The molecule has 3 heterocycles. The number of Topliss-reactive ketones (excluding diaryl/α,β-unsaturated/α-hetero) is 1. The van der Waals surface area contributed by atoms with Gasteiger partial charge in [-0.3, -0.25) is 19.4 Å². The van der Waals surface area contributed by atoms with E-state index in [1.807, 2.05) is 30.3 Å². The van der Waals surface area contributed by atoms with Crippen LogP contribution in [0.2, 0.25) is 0 Å². The van der Waals surface area contributed by atoms with Crippen LogP contribution in [0.15, 0.2) is 42.9 Å². The Kier molecular flexibility index (Phi) is 4.05. The highest BCUT2D eigenvalue weighted by Gasteiger charge is 2.36. The quantitative estimate of drug-likeness (QED) is 0.701. The fraction of sp³-hybridized carbons (Fsp3) is 0.409. The molecule has 0 amide bonds. The van der Waals surface area contributed by atoms with Crippen molar-refractivity contribution >= 4 is 16.6 Å². The van der Waals surface area contributed by atoms with Crippen molar-refractivity contribution in [2.24, 2.45) is 13.0 Å². The highest BCUT2D eigenvalue weighted by atomic mass is 16.1. The van der Waals surface area contributed by atoms with Crippen LogP contribution in [0.25, 0.3) is 21.9 Å². The van der Waals surface area contributed by atoms with Crippen LogP contribution in [0.1, 0.15) is 25.0 Å². The zero-order chi connectivity index (χ0) is 18.4. The molecular formula is C22H24N4O. The lowest BCUT2D eigenvalue weighted by atomic mass is 9.98. The Bertz CT molecular complexity index is 1000. The predicted molar refractivity (Wildman–Crippen MR) is 105 cm³/mol. The summed E-state index contributed by atoms with van der Waals surface area (Å²) in [7, 11) is 1.92. The number of hydrogen-bond acceptors (Lipinski definition) is 4. The summed E-state index contributed by atoms with van der Waals surface area (Å²) in [4.78, 5) is 19.8. The number of fused-ring (bicyclic) bond motifs is 1. The van der Waals surface area contributed by atoms with Crippen LogP contribution in [0.4, 0.5) is 0 Å². The average Bonchev–Trinajstić information content (AvgIpc) is 3.23. The van der Waals surface area contributed by atoms with E-state index in [4.69, 9.17) is 0 Å². The maximum Gasteiger partial charge on any atom is 0.143 e. The molecule has 2 aromatic heterocycles. The minimum absolute atomic E-state index is 0.185. The van der Waals surface area contributed by atoms with Gasteiger partial charge in [0, 0.05) is 61.0 Å². The van der Waals surface area contributed by atoms with Crippen molar-refractivity contribution in [2.75, 3.05) is 13.1 Å². The molecule has 1 atom stereocenters. The smallest absolute Gasteiger partial charge is 0.143 e. The van der Waals surface area contributed by atoms with Gasteiger partial charge < -0.3 is 0 Å². The second-order valence-corrected chi connectivity index (χ2v) is 8.00. The summed E-state index contributed by atoms with van der Waals surface area (Å²) in [5.41, 5.74) is 3.11. The maximum atomic E-state index is 12.8. The summed E-state index contributed by atoms with van der Waals surface area (Å²) in [5.74, 6) is 0.526. The van der Waals surface area contributed by atoms with E-state index in [-0.39, 0.29) is 5.92 Å². The number of carbonyl (C=O) groups is 1. The van der Waals surface area contributed by atoms with Gasteiger partial charge in [-0.15, -0.1) is 0 Å². The predicted octanol–water partition coefficient (Wildman–Crippen LogP) is 3.23. The van der Waals surface area contributed by atoms with Gasteiger partial charge in [-0.05, 0) is 48.9 Å². The summed E-state index contributed by atoms with van der Waals surface area (Å²) in [6.07, 6.45) is 9.84. The molecule has 1 saturated carbocycles. The molecule has 0 spiro atoms. The third kappa shape index (κ3) is 3.39. The van der Waals surface area contributed by atoms with E-state index in [1.165, 1.54) is 12.8 Å². The van der Waals surface area contributed by atoms with Crippen molar-refractivity contribution in [3.05, 3.63) is 48.5 Å². The van der Waals surface area contributed by atoms with Gasteiger partial charge in [0.05, 0.1) is 6.20 Å². The van der Waals surface area contributed by atoms with Crippen LogP contribution >= 0.6 is 0 Å². The lowest BCUT2D eigenvalue weighted by Gasteiger charge is -2.14. The molecule has 27 heavy (non-hydrogen) atoms. The molecule has 5 nitrogen and oxygen atoms in total. The Balaban J connectivity index is 1.34. The SMILES string of the molecule is Cn1cc(-c2ccc3cnc(CC(=O)C4CCN(C5CC5)C4)cc3c2)cn1. The zero-order valence-corrected chi connectivity index (χ0v) is 15.6. The Hall–Kier alpha value is -2.53. The first-order valence-corrected chi connectivity index (χ1v) is 9.80. The molecule has 1 unspecified atom stereocenters. The molecule has 3 aromatic rings. The summed E-state index contributed by atoms with van der Waals surface area (Å²) in [6.45, 7) is 2.03. The van der Waals surface area contributed by atoms with Crippen molar-refractivity contribution in [3.63, 3.8) is 0 Å². The second-order valence-electron chi connectivity index (χ2n) is 8.00. The Labute approximate surface area is 159 Å². The van der Waals surface area contributed by atoms with E-state index in [9.17, 15) is 4.79 Å². The van der Waals surface area contributed by atoms with Crippen molar-refractivity contribution in [1.82, 2.24) is 19.7 Å². The van der Waals surface area contributed by atoms with E-state index in [0.717, 1.165) is 53.1 Å². The third-order valence-corrected chi connectivity index (χ3v) is 5.91. The highest BCUT2D eigenvalue weighted by Crippen LogP contribution is 2.32. The summed E-state index contributed by atoms with van der Waals surface area (Å²) in [5, 5.41) is 6.47. The molecule has 0 N–H and O–H groups in total. The minimum atomic E-state index is 0.185. The number of likely N-dealkylation sites (tertiary alicyclic amines) is 1. The molecule has 2 fully saturated rings. The topological polar surface area (TPSA) is 51.0 Å². The first-order chi connectivity index (χ1) is 13.2. The Morgan fingerprint density at radius 3 is 2.78 bits per heavy atom. The van der Waals surface area contributed by atoms with Crippen LogP contribution in [-0.2, 0) is 18.3 Å². The minimum Gasteiger partial charge on any atom is -0.300 e. The van der Waals surface area contributed by atoms with Crippen molar-refractivity contribution in [1.29, 1.82) is 0 Å². The molecule has 5 heteroatoms. The normalized spacial score (nSPS) is 20.4. The molecule has 0 bridgehead atoms. The number of aromatic nitrogens is 3. The monoisotopic (exact) mass is 360 g/mol. The molecule has 0 radical (unpaired) electrons. The van der Waals surface area contributed by atoms with Crippen LogP contribution < -0.4 is 0 Å². The van der Waals surface area contributed by atoms with Gasteiger partial charge in [-0.2, -0.15) is 5.10 Å². The van der Waals surface area contributed by atoms with Crippen LogP contribution in [0.3, 0.4) is 0 Å². The van der Waals surface area contributed by atoms with E-state index >= 15 is 0 Å². The van der Waals surface area contributed by atoms with Crippen LogP contribution in [0.5, 0.6) is 0 Å². The standard InChI is InChI=1S/C22H24N4O/c1-25-13-19(12-24-25)15-2-3-16-11-23-20(9-18(16)8-15)10-22(27)17-6-7-26(14-17)21-4-5-21/h2-3,8-9,11-13,17,21H,4-7,10,14H2,1H3. The molecule has 1 aromatic carbocycles. The first kappa shape index (κ1) is 16.6. The summed E-state index contributed by atoms with van der Waals surface area (Å²) < 4.78 is 1.81. The van der Waals surface area contributed by atoms with Crippen LogP contribution in [-0.4, -0.2) is 44.6 Å². The van der Waals surface area contributed by atoms with Gasteiger partial charge in [-0.25, -0.2) is 0 Å². The van der Waals surface area contributed by atoms with Gasteiger partial charge in [0.25, 0.3) is 0 Å². The maximum absolute atomic E-state index is 12.8. The van der Waals surface area contributed by atoms with E-state index in [2.05, 4.69) is 39.2 Å². The Morgan fingerprint density at radius 1 is 1.11 bits per heavy atom. The number of benzene rings is 1. The van der Waals surface area contributed by atoms with Crippen molar-refractivity contribution in [2.45, 2.75) is 31.7 Å². The highest BCUT2D eigenvalue weighted by molar-refractivity contribution is 5.88. The first-order valence-electron chi connectivity index (χ1n) is 9.80. The van der Waals surface area contributed by atoms with Gasteiger partial charge >= 0.3 is 0 Å². The number of rotatable bonds is 5. The number of aryl methyl sites for hydroxylation is 1. The fourth-order valence-electron chi connectivity index (χ4n) is 4.18. The van der Waals surface area contributed by atoms with Crippen molar-refractivity contribution in [3.8, 4) is 11.1 Å². The largest absolute Gasteiger partial charge is 0.300 e. The summed E-state index contributed by atoms with van der Waals surface area (Å²) in [6, 6.07) is 9.16. The molecule has 1 aliphatic carbocycles. The van der Waals surface area contributed by atoms with E-state index < -0.39 is 0 Å². The number of hydrogen-bond donors (Lipinski definition) is 0. The lowest BCUT2D eigenvalue weighted by Crippen LogP contribution is -2.26. The zero-order valence-electron chi connectivity index (χ0n) is 15.6. The number of nitrogens with zero attached hydrogens (tertiary/aromatic N) is 4. The van der Waals surface area contributed by atoms with Gasteiger partial charge in [0.1, 0.15) is 5.78 Å². The fourth-order valence-corrected chi connectivity index (χ4v) is 4.18. The summed E-state index contributed by atoms with van der Waals surface area (Å²) >= 11 is 0. The molecule has 1 saturated heterocycles. The average molecular weight is 360 g/mol. The number of carbonyl (C=O) groups excluding carboxylic acids is 1. The molecule has 138 valence electrons. The molecule has 1 aliphatic heterocycles.